The van der Waals surface area contributed by atoms with Crippen LogP contribution in [0.25, 0.3) is 0 Å². The molecular weight excluding hydrogens is 1350 g/mol. The van der Waals surface area contributed by atoms with Gasteiger partial charge in [0, 0.05) is 19.3 Å². The van der Waals surface area contributed by atoms with Crippen LogP contribution in [0, 0.1) is 0 Å². The predicted molar refractivity (Wildman–Crippen MR) is 426 cm³/mol. The van der Waals surface area contributed by atoms with Crippen LogP contribution in [0.1, 0.15) is 285 Å². The molecule has 0 rings (SSSR count). The Balaban J connectivity index is 5.51. The van der Waals surface area contributed by atoms with Gasteiger partial charge in [-0.2, -0.15) is 0 Å². The number of carbonyl (C=O) groups excluding carboxylic acids is 4. The molecule has 0 aliphatic rings. The molecule has 0 aromatic heterocycles. The second kappa shape index (κ2) is 75.6. The molecule has 0 saturated heterocycles. The number of hydrogen-bond acceptors (Lipinski definition) is 15. The van der Waals surface area contributed by atoms with Crippen molar-refractivity contribution in [1.82, 2.24) is 0 Å². The highest BCUT2D eigenvalue weighted by molar-refractivity contribution is 7.47. The number of hydrogen-bond donors (Lipinski definition) is 3. The van der Waals surface area contributed by atoms with Crippen molar-refractivity contribution in [2.24, 2.45) is 0 Å². The van der Waals surface area contributed by atoms with E-state index in [1.54, 1.807) is 6.08 Å². The van der Waals surface area contributed by atoms with Gasteiger partial charge >= 0.3 is 39.5 Å². The van der Waals surface area contributed by atoms with Gasteiger partial charge in [-0.3, -0.25) is 37.3 Å². The van der Waals surface area contributed by atoms with Gasteiger partial charge in [0.15, 0.2) is 12.2 Å². The summed E-state index contributed by atoms with van der Waals surface area (Å²) in [5, 5.41) is 10.6. The van der Waals surface area contributed by atoms with E-state index in [0.29, 0.717) is 32.1 Å². The maximum atomic E-state index is 13.1. The van der Waals surface area contributed by atoms with Crippen LogP contribution in [-0.4, -0.2) is 96.7 Å². The number of unbranched alkanes of at least 4 members (excludes halogenated alkanes) is 19. The van der Waals surface area contributed by atoms with Crippen LogP contribution in [0.3, 0.4) is 0 Å². The molecule has 0 radical (unpaired) electrons. The van der Waals surface area contributed by atoms with E-state index >= 15 is 0 Å². The first kappa shape index (κ1) is 98.4. The van der Waals surface area contributed by atoms with E-state index in [4.69, 9.17) is 37.0 Å². The molecule has 0 heterocycles. The molecule has 590 valence electrons. The first-order chi connectivity index (χ1) is 50.7. The zero-order valence-electron chi connectivity index (χ0n) is 64.4. The summed E-state index contributed by atoms with van der Waals surface area (Å²) in [6.45, 7) is 4.32. The lowest BCUT2D eigenvalue weighted by molar-refractivity contribution is -0.161. The maximum absolute atomic E-state index is 13.1. The zero-order valence-corrected chi connectivity index (χ0v) is 66.2. The van der Waals surface area contributed by atoms with Crippen LogP contribution in [-0.2, 0) is 65.4 Å². The number of phosphoric ester groups is 2. The number of allylic oxidation sites excluding steroid dienone is 27. The van der Waals surface area contributed by atoms with E-state index in [2.05, 4.69) is 161 Å². The molecule has 3 N–H and O–H groups in total. The fourth-order valence-corrected chi connectivity index (χ4v) is 11.4. The van der Waals surface area contributed by atoms with Crippen LogP contribution in [0.4, 0.5) is 0 Å². The van der Waals surface area contributed by atoms with Gasteiger partial charge in [0.05, 0.1) is 32.8 Å². The number of phosphoric acid groups is 2. The summed E-state index contributed by atoms with van der Waals surface area (Å²) in [7, 11) is -10.0. The van der Waals surface area contributed by atoms with E-state index in [0.717, 1.165) is 161 Å². The predicted octanol–water partition coefficient (Wildman–Crippen LogP) is 23.0. The number of esters is 4. The molecule has 0 bridgehead atoms. The van der Waals surface area contributed by atoms with Crippen molar-refractivity contribution in [2.75, 3.05) is 39.6 Å². The van der Waals surface area contributed by atoms with Crippen molar-refractivity contribution in [2.45, 2.75) is 303 Å². The summed E-state index contributed by atoms with van der Waals surface area (Å²) in [5.74, 6) is -2.42. The van der Waals surface area contributed by atoms with Gasteiger partial charge < -0.3 is 33.8 Å². The van der Waals surface area contributed by atoms with Crippen molar-refractivity contribution in [1.29, 1.82) is 0 Å². The fourth-order valence-electron chi connectivity index (χ4n) is 9.81. The molecule has 0 aromatic carbocycles. The fraction of sp³-hybridized carbons (Fsp3) is 0.624. The van der Waals surface area contributed by atoms with Gasteiger partial charge in [0.2, 0.25) is 0 Å². The number of aliphatic hydroxyl groups excluding tert-OH is 1. The second-order valence-corrected chi connectivity index (χ2v) is 28.4. The first-order valence-corrected chi connectivity index (χ1v) is 42.4. The summed E-state index contributed by atoms with van der Waals surface area (Å²) in [6, 6.07) is 0. The van der Waals surface area contributed by atoms with Gasteiger partial charge in [-0.05, 0) is 148 Å². The van der Waals surface area contributed by atoms with Crippen molar-refractivity contribution in [3.8, 4) is 0 Å². The molecule has 0 amide bonds. The van der Waals surface area contributed by atoms with E-state index in [1.807, 2.05) is 30.4 Å². The Morgan fingerprint density at radius 1 is 0.288 bits per heavy atom. The van der Waals surface area contributed by atoms with Gasteiger partial charge in [-0.25, -0.2) is 9.13 Å². The Bertz CT molecular complexity index is 2640. The van der Waals surface area contributed by atoms with Crippen molar-refractivity contribution >= 4 is 39.5 Å². The van der Waals surface area contributed by atoms with Crippen molar-refractivity contribution in [3.05, 3.63) is 170 Å². The Labute approximate surface area is 629 Å². The highest BCUT2D eigenvalue weighted by atomic mass is 31.2. The average Bonchev–Trinajstić information content (AvgIpc) is 0.926. The minimum atomic E-state index is -5.01. The lowest BCUT2D eigenvalue weighted by Crippen LogP contribution is -2.30. The van der Waals surface area contributed by atoms with Gasteiger partial charge in [0.1, 0.15) is 19.3 Å². The molecule has 104 heavy (non-hydrogen) atoms. The topological polar surface area (TPSA) is 237 Å². The first-order valence-electron chi connectivity index (χ1n) is 39.4. The minimum Gasteiger partial charge on any atom is -0.462 e. The monoisotopic (exact) mass is 1490 g/mol. The third kappa shape index (κ3) is 74.7. The number of rotatable bonds is 72. The third-order valence-electron chi connectivity index (χ3n) is 15.7. The molecule has 0 aromatic rings. The largest absolute Gasteiger partial charge is 0.472 e. The molecule has 5 unspecified atom stereocenters. The highest BCUT2D eigenvalue weighted by Crippen LogP contribution is 2.45. The second-order valence-electron chi connectivity index (χ2n) is 25.5. The number of carbonyl (C=O) groups is 4. The standard InChI is InChI=1S/C85H138O17P2/c1-5-9-13-17-21-25-29-33-37-39-43-46-50-54-58-62-66-70-83(88)96-76-81(102-85(90)72-68-64-60-56-52-48-44-40-38-34-30-26-22-18-14-10-6-2)78-100-104(93,94)98-74-79(86)73-97-103(91,92)99-77-80(101-84(89)71-67-63-59-55-51-47-42-36-32-28-24-20-16-12-8-4)75-95-82(87)69-65-61-57-53-49-45-41-35-31-27-23-19-15-11-7-3/h9-11,13-15,21-23,25-27,33-38,41-43,46,49,53-54,58,61,65,79-81,86H,5-8,12,16-20,24,28-32,39-40,44-45,47-48,50-52,55-57,59-60,62-64,66-78H2,1-4H3,(H,91,92)(H,93,94)/b13-9-,14-10-,15-11-,25-21-,26-22-,27-23-,37-33-,38-34-,41-35-,42-36-,46-43-,53-49-,58-54-,65-61-. The summed E-state index contributed by atoms with van der Waals surface area (Å²) < 4.78 is 68.4. The maximum Gasteiger partial charge on any atom is 0.472 e. The summed E-state index contributed by atoms with van der Waals surface area (Å²) in [5.41, 5.74) is 0. The SMILES string of the molecule is CC/C=C\C/C=C\C/C=C\C/C=C\C/C=C\CCCC(=O)OCC(COP(=O)(O)OCC(O)COP(=O)(O)OCC(COC(=O)C/C=C\C/C=C\C/C=C\C/C=C\C/C=C\CC)OC(=O)CCCCCCC/C=C\CCCCCCCC)OC(=O)CCCCCCCCC/C=C\C/C=C\C/C=C\CC. The zero-order chi connectivity index (χ0) is 76.0. The van der Waals surface area contributed by atoms with E-state index in [-0.39, 0.29) is 25.7 Å². The third-order valence-corrected chi connectivity index (χ3v) is 17.6. The summed E-state index contributed by atoms with van der Waals surface area (Å²) in [6.07, 6.45) is 89.4. The van der Waals surface area contributed by atoms with E-state index in [1.165, 1.54) is 38.5 Å². The molecule has 5 atom stereocenters. The Hall–Kier alpha value is -5.58. The van der Waals surface area contributed by atoms with Crippen LogP contribution in [0.5, 0.6) is 0 Å². The molecule has 0 aliphatic carbocycles. The van der Waals surface area contributed by atoms with Crippen molar-refractivity contribution < 1.29 is 80.2 Å². The lowest BCUT2D eigenvalue weighted by Gasteiger charge is -2.21. The number of ether oxygens (including phenoxy) is 4. The lowest BCUT2D eigenvalue weighted by atomic mass is 10.1. The quantitative estimate of drug-likeness (QED) is 0.0169. The Morgan fingerprint density at radius 3 is 0.894 bits per heavy atom. The minimum absolute atomic E-state index is 0.0593. The Morgan fingerprint density at radius 2 is 0.548 bits per heavy atom. The molecular formula is C85H138O17P2. The molecule has 0 spiro atoms. The van der Waals surface area contributed by atoms with Crippen molar-refractivity contribution in [3.63, 3.8) is 0 Å². The van der Waals surface area contributed by atoms with Gasteiger partial charge in [-0.15, -0.1) is 0 Å². The summed E-state index contributed by atoms with van der Waals surface area (Å²) >= 11 is 0. The van der Waals surface area contributed by atoms with Crippen LogP contribution >= 0.6 is 15.6 Å². The van der Waals surface area contributed by atoms with Gasteiger partial charge in [0.25, 0.3) is 0 Å². The summed E-state index contributed by atoms with van der Waals surface area (Å²) in [4.78, 5) is 72.9. The molecule has 17 nitrogen and oxygen atoms in total. The molecule has 0 saturated carbocycles. The van der Waals surface area contributed by atoms with E-state index in [9.17, 15) is 43.2 Å². The Kier molecular flexibility index (Phi) is 71.6. The smallest absolute Gasteiger partial charge is 0.462 e. The van der Waals surface area contributed by atoms with Crippen LogP contribution in [0.15, 0.2) is 170 Å². The van der Waals surface area contributed by atoms with Gasteiger partial charge in [-0.1, -0.05) is 281 Å². The average molecular weight is 1490 g/mol. The molecule has 0 fully saturated rings. The number of aliphatic hydroxyl groups is 1. The molecule has 0 aliphatic heterocycles. The highest BCUT2D eigenvalue weighted by Gasteiger charge is 2.30. The van der Waals surface area contributed by atoms with Crippen LogP contribution < -0.4 is 0 Å². The van der Waals surface area contributed by atoms with Crippen LogP contribution in [0.2, 0.25) is 0 Å². The normalized spacial score (nSPS) is 14.8. The van der Waals surface area contributed by atoms with E-state index < -0.39 is 97.5 Å². The molecule has 19 heteroatoms.